The van der Waals surface area contributed by atoms with Crippen molar-refractivity contribution in [2.45, 2.75) is 32.9 Å². The first-order chi connectivity index (χ1) is 9.16. The van der Waals surface area contributed by atoms with Gasteiger partial charge in [-0.05, 0) is 12.0 Å². The van der Waals surface area contributed by atoms with Crippen LogP contribution in [-0.2, 0) is 16.0 Å². The van der Waals surface area contributed by atoms with Crippen molar-refractivity contribution >= 4 is 0 Å². The summed E-state index contributed by atoms with van der Waals surface area (Å²) >= 11 is 0. The molecule has 0 saturated carbocycles. The molecule has 3 nitrogen and oxygen atoms in total. The lowest BCUT2D eigenvalue weighted by molar-refractivity contribution is -0.00133. The molecule has 0 amide bonds. The van der Waals surface area contributed by atoms with Crippen molar-refractivity contribution < 1.29 is 9.47 Å². The Bertz CT molecular complexity index is 358. The van der Waals surface area contributed by atoms with E-state index in [4.69, 9.17) is 9.47 Å². The van der Waals surface area contributed by atoms with Crippen LogP contribution in [0.25, 0.3) is 0 Å². The highest BCUT2D eigenvalue weighted by Gasteiger charge is 2.22. The molecule has 1 aliphatic rings. The Hall–Kier alpha value is -0.900. The standard InChI is InChI=1S/C16H25NO2/c1-16(2,13-19-15-8-9-18-11-15)12-17-10-14-6-4-3-5-7-14/h3-7,15,17H,8-13H2,1-2H3. The van der Waals surface area contributed by atoms with E-state index in [1.165, 1.54) is 5.56 Å². The SMILES string of the molecule is CC(C)(CNCc1ccccc1)COC1CCOC1. The maximum atomic E-state index is 5.91. The largest absolute Gasteiger partial charge is 0.379 e. The summed E-state index contributed by atoms with van der Waals surface area (Å²) in [5.41, 5.74) is 1.47. The molecule has 1 N–H and O–H groups in total. The third-order valence-electron chi connectivity index (χ3n) is 3.37. The van der Waals surface area contributed by atoms with Gasteiger partial charge >= 0.3 is 0 Å². The molecule has 2 rings (SSSR count). The second kappa shape index (κ2) is 7.04. The van der Waals surface area contributed by atoms with Crippen LogP contribution in [-0.4, -0.2) is 32.5 Å². The maximum absolute atomic E-state index is 5.91. The fourth-order valence-corrected chi connectivity index (χ4v) is 2.18. The van der Waals surface area contributed by atoms with Gasteiger partial charge in [0.05, 0.1) is 19.3 Å². The summed E-state index contributed by atoms with van der Waals surface area (Å²) in [4.78, 5) is 0. The van der Waals surface area contributed by atoms with Crippen molar-refractivity contribution in [2.24, 2.45) is 5.41 Å². The number of nitrogens with one attached hydrogen (secondary N) is 1. The van der Waals surface area contributed by atoms with Crippen LogP contribution in [0.4, 0.5) is 0 Å². The lowest BCUT2D eigenvalue weighted by Crippen LogP contribution is -2.34. The van der Waals surface area contributed by atoms with E-state index in [1.807, 2.05) is 6.07 Å². The minimum absolute atomic E-state index is 0.150. The summed E-state index contributed by atoms with van der Waals surface area (Å²) in [5.74, 6) is 0. The topological polar surface area (TPSA) is 30.5 Å². The molecule has 106 valence electrons. The summed E-state index contributed by atoms with van der Waals surface area (Å²) in [6, 6.07) is 10.5. The Morgan fingerprint density at radius 2 is 2.11 bits per heavy atom. The monoisotopic (exact) mass is 263 g/mol. The zero-order valence-corrected chi connectivity index (χ0v) is 12.0. The number of rotatable bonds is 7. The minimum atomic E-state index is 0.150. The van der Waals surface area contributed by atoms with Gasteiger partial charge in [-0.25, -0.2) is 0 Å². The smallest absolute Gasteiger partial charge is 0.0830 e. The van der Waals surface area contributed by atoms with Crippen LogP contribution in [0.2, 0.25) is 0 Å². The summed E-state index contributed by atoms with van der Waals surface area (Å²) < 4.78 is 11.2. The molecule has 0 radical (unpaired) electrons. The van der Waals surface area contributed by atoms with Crippen molar-refractivity contribution in [1.82, 2.24) is 5.32 Å². The molecule has 0 aliphatic carbocycles. The van der Waals surface area contributed by atoms with E-state index in [2.05, 4.69) is 43.4 Å². The molecule has 1 atom stereocenters. The van der Waals surface area contributed by atoms with Crippen molar-refractivity contribution in [3.63, 3.8) is 0 Å². The first-order valence-electron chi connectivity index (χ1n) is 7.10. The highest BCUT2D eigenvalue weighted by molar-refractivity contribution is 5.14. The molecule has 1 unspecified atom stereocenters. The Balaban J connectivity index is 1.65. The van der Waals surface area contributed by atoms with Crippen LogP contribution >= 0.6 is 0 Å². The van der Waals surface area contributed by atoms with Gasteiger partial charge in [0.15, 0.2) is 0 Å². The Morgan fingerprint density at radius 1 is 1.32 bits per heavy atom. The average molecular weight is 263 g/mol. The fraction of sp³-hybridized carbons (Fsp3) is 0.625. The molecule has 19 heavy (non-hydrogen) atoms. The highest BCUT2D eigenvalue weighted by Crippen LogP contribution is 2.18. The van der Waals surface area contributed by atoms with Gasteiger partial charge in [0.1, 0.15) is 0 Å². The molecule has 0 spiro atoms. The van der Waals surface area contributed by atoms with Gasteiger partial charge in [0.2, 0.25) is 0 Å². The van der Waals surface area contributed by atoms with E-state index in [9.17, 15) is 0 Å². The molecule has 3 heteroatoms. The molecule has 1 heterocycles. The number of ether oxygens (including phenoxy) is 2. The van der Waals surface area contributed by atoms with Gasteiger partial charge in [-0.2, -0.15) is 0 Å². The van der Waals surface area contributed by atoms with Gasteiger partial charge in [0, 0.05) is 25.1 Å². The summed E-state index contributed by atoms with van der Waals surface area (Å²) in [5, 5.41) is 3.51. The third kappa shape index (κ3) is 5.31. The van der Waals surface area contributed by atoms with E-state index in [0.717, 1.165) is 39.3 Å². The Morgan fingerprint density at radius 3 is 2.79 bits per heavy atom. The zero-order valence-electron chi connectivity index (χ0n) is 12.0. The second-order valence-corrected chi connectivity index (χ2v) is 6.05. The van der Waals surface area contributed by atoms with Gasteiger partial charge < -0.3 is 14.8 Å². The summed E-state index contributed by atoms with van der Waals surface area (Å²) in [7, 11) is 0. The van der Waals surface area contributed by atoms with Crippen molar-refractivity contribution in [3.05, 3.63) is 35.9 Å². The van der Waals surface area contributed by atoms with E-state index < -0.39 is 0 Å². The first kappa shape index (κ1) is 14.5. The Labute approximate surface area is 116 Å². The van der Waals surface area contributed by atoms with Crippen LogP contribution in [0.1, 0.15) is 25.8 Å². The first-order valence-corrected chi connectivity index (χ1v) is 7.10. The van der Waals surface area contributed by atoms with Gasteiger partial charge in [0.25, 0.3) is 0 Å². The lowest BCUT2D eigenvalue weighted by Gasteiger charge is -2.26. The molecule has 1 aliphatic heterocycles. The maximum Gasteiger partial charge on any atom is 0.0830 e. The van der Waals surface area contributed by atoms with E-state index in [0.29, 0.717) is 6.10 Å². The van der Waals surface area contributed by atoms with Crippen molar-refractivity contribution in [3.8, 4) is 0 Å². The number of hydrogen-bond acceptors (Lipinski definition) is 3. The van der Waals surface area contributed by atoms with E-state index >= 15 is 0 Å². The van der Waals surface area contributed by atoms with Crippen LogP contribution < -0.4 is 5.32 Å². The molecule has 1 aromatic rings. The van der Waals surface area contributed by atoms with Crippen LogP contribution in [0.3, 0.4) is 0 Å². The molecule has 1 saturated heterocycles. The van der Waals surface area contributed by atoms with Crippen molar-refractivity contribution in [2.75, 3.05) is 26.4 Å². The quantitative estimate of drug-likeness (QED) is 0.820. The zero-order chi connectivity index (χ0) is 13.6. The third-order valence-corrected chi connectivity index (χ3v) is 3.37. The summed E-state index contributed by atoms with van der Waals surface area (Å²) in [6.45, 7) is 8.72. The molecule has 0 bridgehead atoms. The molecular weight excluding hydrogens is 238 g/mol. The van der Waals surface area contributed by atoms with Crippen LogP contribution in [0.15, 0.2) is 30.3 Å². The second-order valence-electron chi connectivity index (χ2n) is 6.05. The molecule has 1 fully saturated rings. The normalized spacial score (nSPS) is 19.8. The molecular formula is C16H25NO2. The number of benzene rings is 1. The minimum Gasteiger partial charge on any atom is -0.379 e. The predicted octanol–water partition coefficient (Wildman–Crippen LogP) is 2.61. The van der Waals surface area contributed by atoms with E-state index in [-0.39, 0.29) is 5.41 Å². The van der Waals surface area contributed by atoms with Crippen molar-refractivity contribution in [1.29, 1.82) is 0 Å². The highest BCUT2D eigenvalue weighted by atomic mass is 16.5. The predicted molar refractivity (Wildman–Crippen MR) is 77.1 cm³/mol. The van der Waals surface area contributed by atoms with Crippen LogP contribution in [0.5, 0.6) is 0 Å². The molecule has 1 aromatic carbocycles. The molecule has 0 aromatic heterocycles. The van der Waals surface area contributed by atoms with Gasteiger partial charge in [-0.3, -0.25) is 0 Å². The number of hydrogen-bond donors (Lipinski definition) is 1. The summed E-state index contributed by atoms with van der Waals surface area (Å²) in [6.07, 6.45) is 1.33. The average Bonchev–Trinajstić information content (AvgIpc) is 2.91. The van der Waals surface area contributed by atoms with Crippen LogP contribution in [0, 0.1) is 5.41 Å². The van der Waals surface area contributed by atoms with Gasteiger partial charge in [-0.15, -0.1) is 0 Å². The van der Waals surface area contributed by atoms with E-state index in [1.54, 1.807) is 0 Å². The Kier molecular flexibility index (Phi) is 5.37. The lowest BCUT2D eigenvalue weighted by atomic mass is 9.94. The fourth-order valence-electron chi connectivity index (χ4n) is 2.18. The van der Waals surface area contributed by atoms with Gasteiger partial charge in [-0.1, -0.05) is 44.2 Å².